The summed E-state index contributed by atoms with van der Waals surface area (Å²) < 4.78 is 18.1. The van der Waals surface area contributed by atoms with E-state index in [9.17, 15) is 4.79 Å². The largest absolute Gasteiger partial charge is 0.483 e. The number of carbonyl (C=O) groups is 1. The number of benzene rings is 2. The predicted octanol–water partition coefficient (Wildman–Crippen LogP) is 4.48. The predicted molar refractivity (Wildman–Crippen MR) is 105 cm³/mol. The summed E-state index contributed by atoms with van der Waals surface area (Å²) in [6.07, 6.45) is -0.977. The zero-order valence-corrected chi connectivity index (χ0v) is 16.3. The number of esters is 1. The maximum atomic E-state index is 11.8. The third-order valence-corrected chi connectivity index (χ3v) is 4.60. The maximum Gasteiger partial charge on any atom is 0.303 e. The Balaban J connectivity index is 1.96. The molecule has 0 bridgehead atoms. The number of carbonyl (C=O) groups excluding carboxylic acids is 1. The van der Waals surface area contributed by atoms with Crippen molar-refractivity contribution < 1.29 is 19.0 Å². The van der Waals surface area contributed by atoms with Gasteiger partial charge in [-0.05, 0) is 44.5 Å². The Kier molecular flexibility index (Phi) is 5.71. The Morgan fingerprint density at radius 1 is 1.19 bits per heavy atom. The van der Waals surface area contributed by atoms with Gasteiger partial charge in [-0.1, -0.05) is 30.3 Å². The molecule has 0 radical (unpaired) electrons. The molecule has 0 fully saturated rings. The molecule has 1 aliphatic heterocycles. The van der Waals surface area contributed by atoms with Crippen molar-refractivity contribution in [2.24, 2.45) is 0 Å². The van der Waals surface area contributed by atoms with Gasteiger partial charge in [0.15, 0.2) is 6.10 Å². The minimum Gasteiger partial charge on any atom is -0.483 e. The lowest BCUT2D eigenvalue weighted by molar-refractivity contribution is -0.183. The normalized spacial score (nSPS) is 20.3. The van der Waals surface area contributed by atoms with Crippen LogP contribution < -0.4 is 10.1 Å². The first kappa shape index (κ1) is 19.2. The van der Waals surface area contributed by atoms with Crippen LogP contribution in [0.4, 0.5) is 5.69 Å². The molecule has 0 aromatic heterocycles. The Bertz CT molecular complexity index is 788. The molecule has 0 amide bonds. The highest BCUT2D eigenvalue weighted by Crippen LogP contribution is 2.44. The molecule has 2 aromatic carbocycles. The summed E-state index contributed by atoms with van der Waals surface area (Å²) in [5.41, 5.74) is 2.22. The molecule has 144 valence electrons. The monoisotopic (exact) mass is 369 g/mol. The lowest BCUT2D eigenvalue weighted by Crippen LogP contribution is -2.51. The van der Waals surface area contributed by atoms with Gasteiger partial charge < -0.3 is 19.5 Å². The number of ether oxygens (including phenoxy) is 3. The van der Waals surface area contributed by atoms with Crippen LogP contribution in [-0.2, 0) is 20.9 Å². The van der Waals surface area contributed by atoms with Gasteiger partial charge in [0.1, 0.15) is 17.5 Å². The molecule has 5 heteroatoms. The van der Waals surface area contributed by atoms with Crippen molar-refractivity contribution in [1.82, 2.24) is 0 Å². The topological polar surface area (TPSA) is 56.8 Å². The number of hydrogen-bond donors (Lipinski definition) is 1. The van der Waals surface area contributed by atoms with Gasteiger partial charge in [-0.25, -0.2) is 0 Å². The van der Waals surface area contributed by atoms with Gasteiger partial charge in [0, 0.05) is 24.7 Å². The Labute approximate surface area is 160 Å². The van der Waals surface area contributed by atoms with Crippen LogP contribution in [0.25, 0.3) is 0 Å². The molecule has 27 heavy (non-hydrogen) atoms. The third kappa shape index (κ3) is 4.42. The molecular formula is C22H27NO4. The van der Waals surface area contributed by atoms with Crippen LogP contribution in [0.15, 0.2) is 48.5 Å². The number of anilines is 1. The van der Waals surface area contributed by atoms with Gasteiger partial charge in [-0.3, -0.25) is 4.79 Å². The zero-order valence-electron chi connectivity index (χ0n) is 16.3. The third-order valence-electron chi connectivity index (χ3n) is 4.60. The van der Waals surface area contributed by atoms with E-state index in [1.165, 1.54) is 6.92 Å². The van der Waals surface area contributed by atoms with Crippen molar-refractivity contribution in [3.05, 3.63) is 59.7 Å². The van der Waals surface area contributed by atoms with Crippen molar-refractivity contribution in [2.75, 3.05) is 11.9 Å². The van der Waals surface area contributed by atoms with Crippen LogP contribution in [0.1, 0.15) is 44.9 Å². The molecule has 0 spiro atoms. The van der Waals surface area contributed by atoms with Gasteiger partial charge in [-0.15, -0.1) is 0 Å². The minimum absolute atomic E-state index is 0.351. The van der Waals surface area contributed by atoms with Crippen molar-refractivity contribution in [1.29, 1.82) is 0 Å². The Morgan fingerprint density at radius 3 is 2.59 bits per heavy atom. The van der Waals surface area contributed by atoms with Gasteiger partial charge >= 0.3 is 5.97 Å². The van der Waals surface area contributed by atoms with Crippen LogP contribution in [0.3, 0.4) is 0 Å². The van der Waals surface area contributed by atoms with E-state index in [0.29, 0.717) is 6.61 Å². The van der Waals surface area contributed by atoms with E-state index in [-0.39, 0.29) is 5.97 Å². The van der Waals surface area contributed by atoms with Gasteiger partial charge in [0.05, 0.1) is 6.61 Å². The average molecular weight is 369 g/mol. The van der Waals surface area contributed by atoms with Crippen LogP contribution >= 0.6 is 0 Å². The van der Waals surface area contributed by atoms with Gasteiger partial charge in [0.2, 0.25) is 0 Å². The molecule has 2 atom stereocenters. The highest BCUT2D eigenvalue weighted by molar-refractivity contribution is 5.66. The Morgan fingerprint density at radius 2 is 1.93 bits per heavy atom. The summed E-state index contributed by atoms with van der Waals surface area (Å²) in [7, 11) is 0. The first-order valence-electron chi connectivity index (χ1n) is 9.30. The number of hydrogen-bond acceptors (Lipinski definition) is 5. The summed E-state index contributed by atoms with van der Waals surface area (Å²) in [6, 6.07) is 15.9. The fourth-order valence-corrected chi connectivity index (χ4v) is 3.37. The number of fused-ring (bicyclic) bond motifs is 1. The summed E-state index contributed by atoms with van der Waals surface area (Å²) in [6.45, 7) is 8.53. The lowest BCUT2D eigenvalue weighted by Gasteiger charge is -2.43. The molecule has 0 saturated heterocycles. The van der Waals surface area contributed by atoms with Crippen LogP contribution in [0, 0.1) is 0 Å². The van der Waals surface area contributed by atoms with E-state index in [4.69, 9.17) is 14.2 Å². The first-order valence-corrected chi connectivity index (χ1v) is 9.30. The van der Waals surface area contributed by atoms with E-state index in [0.717, 1.165) is 29.1 Å². The quantitative estimate of drug-likeness (QED) is 0.761. The van der Waals surface area contributed by atoms with Crippen molar-refractivity contribution in [2.45, 2.75) is 52.1 Å². The molecule has 5 nitrogen and oxygen atoms in total. The second-order valence-electron chi connectivity index (χ2n) is 7.24. The Hall–Kier alpha value is -2.53. The smallest absolute Gasteiger partial charge is 0.303 e. The number of rotatable bonds is 6. The van der Waals surface area contributed by atoms with Crippen molar-refractivity contribution >= 4 is 11.7 Å². The summed E-state index contributed by atoms with van der Waals surface area (Å²) in [4.78, 5) is 11.8. The molecule has 2 unspecified atom stereocenters. The average Bonchev–Trinajstić information content (AvgIpc) is 2.62. The van der Waals surface area contributed by atoms with Gasteiger partial charge in [-0.2, -0.15) is 0 Å². The lowest BCUT2D eigenvalue weighted by atomic mass is 9.87. The summed E-state index contributed by atoms with van der Waals surface area (Å²) in [5, 5.41) is 3.31. The molecule has 0 saturated carbocycles. The van der Waals surface area contributed by atoms with Crippen molar-refractivity contribution in [3.63, 3.8) is 0 Å². The molecule has 3 rings (SSSR count). The second-order valence-corrected chi connectivity index (χ2v) is 7.24. The minimum atomic E-state index is -0.709. The highest BCUT2D eigenvalue weighted by atomic mass is 16.6. The highest BCUT2D eigenvalue weighted by Gasteiger charge is 2.47. The SMILES string of the molecule is CCNc1ccc2c(c1)C(OCc1ccccc1)C(OC(C)=O)C(C)(C)O2. The zero-order chi connectivity index (χ0) is 19.4. The van der Waals surface area contributed by atoms with Crippen LogP contribution in [-0.4, -0.2) is 24.2 Å². The van der Waals surface area contributed by atoms with E-state index in [1.54, 1.807) is 0 Å². The van der Waals surface area contributed by atoms with Crippen LogP contribution in [0.5, 0.6) is 5.75 Å². The van der Waals surface area contributed by atoms with E-state index >= 15 is 0 Å². The van der Waals surface area contributed by atoms with E-state index < -0.39 is 17.8 Å². The number of nitrogens with one attached hydrogen (secondary N) is 1. The molecule has 1 heterocycles. The van der Waals surface area contributed by atoms with E-state index in [2.05, 4.69) is 5.32 Å². The van der Waals surface area contributed by atoms with Gasteiger partial charge in [0.25, 0.3) is 0 Å². The fraction of sp³-hybridized carbons (Fsp3) is 0.409. The first-order chi connectivity index (χ1) is 12.9. The van der Waals surface area contributed by atoms with Crippen molar-refractivity contribution in [3.8, 4) is 5.75 Å². The fourth-order valence-electron chi connectivity index (χ4n) is 3.37. The van der Waals surface area contributed by atoms with E-state index in [1.807, 2.05) is 69.3 Å². The molecule has 2 aromatic rings. The molecule has 0 aliphatic carbocycles. The second kappa shape index (κ2) is 8.01. The molecule has 1 N–H and O–H groups in total. The van der Waals surface area contributed by atoms with Crippen LogP contribution in [0.2, 0.25) is 0 Å². The standard InChI is InChI=1S/C22H27NO4/c1-5-23-17-11-12-19-18(13-17)20(25-14-16-9-7-6-8-10-16)21(26-15(2)24)22(3,4)27-19/h6-13,20-21,23H,5,14H2,1-4H3. The summed E-state index contributed by atoms with van der Waals surface area (Å²) >= 11 is 0. The molecule has 1 aliphatic rings. The maximum absolute atomic E-state index is 11.8. The summed E-state index contributed by atoms with van der Waals surface area (Å²) in [5.74, 6) is 0.402. The molecular weight excluding hydrogens is 342 g/mol.